The summed E-state index contributed by atoms with van der Waals surface area (Å²) in [6.45, 7) is 8.70. The average Bonchev–Trinajstić information content (AvgIpc) is 3.43. The fraction of sp³-hybridized carbons (Fsp3) is 0.400. The standard InChI is InChI=1S/C25H29N5O3.H2/c1-4-5-8-30-15-20(18-6-7-26-21(18)24(30)32)19-13-17(23(31)29-9-11-33-12-10-29)14-25(2)22(19)27-16-28(25)3;/h4,6-7,13-16,22,26H,1,5,8-12H2,2-3H3;1H. The van der Waals surface area contributed by atoms with Gasteiger partial charge in [0.15, 0.2) is 0 Å². The van der Waals surface area contributed by atoms with E-state index in [1.807, 2.05) is 42.7 Å². The van der Waals surface area contributed by atoms with Crippen LogP contribution in [0.4, 0.5) is 0 Å². The molecule has 33 heavy (non-hydrogen) atoms. The molecule has 0 aromatic carbocycles. The van der Waals surface area contributed by atoms with E-state index in [9.17, 15) is 9.59 Å². The third-order valence-corrected chi connectivity index (χ3v) is 6.98. The molecule has 2 aliphatic heterocycles. The molecule has 8 nitrogen and oxygen atoms in total. The number of aliphatic imine (C=N–C) groups is 1. The van der Waals surface area contributed by atoms with Crippen molar-refractivity contribution in [3.8, 4) is 0 Å². The number of carbonyl (C=O) groups is 1. The lowest BCUT2D eigenvalue weighted by molar-refractivity contribution is -0.130. The second-order valence-electron chi connectivity index (χ2n) is 8.99. The van der Waals surface area contributed by atoms with Gasteiger partial charge < -0.3 is 24.1 Å². The molecule has 0 radical (unpaired) electrons. The quantitative estimate of drug-likeness (QED) is 0.711. The summed E-state index contributed by atoms with van der Waals surface area (Å²) >= 11 is 0. The molecule has 2 unspecified atom stereocenters. The fourth-order valence-electron chi connectivity index (χ4n) is 4.94. The highest BCUT2D eigenvalue weighted by atomic mass is 16.5. The molecule has 0 bridgehead atoms. The molecule has 2 atom stereocenters. The number of ether oxygens (including phenoxy) is 1. The number of H-pyrrole nitrogens is 1. The Kier molecular flexibility index (Phi) is 5.32. The molecule has 2 aromatic rings. The molecule has 0 saturated carbocycles. The number of fused-ring (bicyclic) bond motifs is 2. The van der Waals surface area contributed by atoms with Crippen LogP contribution in [-0.2, 0) is 16.1 Å². The fourth-order valence-corrected chi connectivity index (χ4v) is 4.94. The molecule has 3 aliphatic rings. The number of pyridine rings is 1. The van der Waals surface area contributed by atoms with Gasteiger partial charge >= 0.3 is 0 Å². The van der Waals surface area contributed by atoms with Gasteiger partial charge in [0.25, 0.3) is 11.5 Å². The number of rotatable bonds is 5. The van der Waals surface area contributed by atoms with Crippen LogP contribution in [-0.4, -0.2) is 76.5 Å². The summed E-state index contributed by atoms with van der Waals surface area (Å²) in [7, 11) is 1.98. The summed E-state index contributed by atoms with van der Waals surface area (Å²) < 4.78 is 7.15. The zero-order valence-corrected chi connectivity index (χ0v) is 19.1. The van der Waals surface area contributed by atoms with Crippen molar-refractivity contribution in [2.24, 2.45) is 4.99 Å². The minimum Gasteiger partial charge on any atom is -0.378 e. The Balaban J connectivity index is 0.00000274. The zero-order chi connectivity index (χ0) is 23.2. The summed E-state index contributed by atoms with van der Waals surface area (Å²) in [6.07, 6.45) is 12.0. The Morgan fingerprint density at radius 2 is 2.21 bits per heavy atom. The molecular formula is C25H31N5O3. The zero-order valence-electron chi connectivity index (χ0n) is 19.1. The highest BCUT2D eigenvalue weighted by Crippen LogP contribution is 2.42. The molecule has 8 heteroatoms. The highest BCUT2D eigenvalue weighted by molar-refractivity contribution is 6.03. The predicted octanol–water partition coefficient (Wildman–Crippen LogP) is 2.43. The molecule has 174 valence electrons. The third-order valence-electron chi connectivity index (χ3n) is 6.98. The van der Waals surface area contributed by atoms with Crippen LogP contribution in [0.1, 0.15) is 20.3 Å². The van der Waals surface area contributed by atoms with Gasteiger partial charge in [-0.2, -0.15) is 0 Å². The topological polar surface area (TPSA) is 82.9 Å². The summed E-state index contributed by atoms with van der Waals surface area (Å²) in [4.78, 5) is 38.3. The summed E-state index contributed by atoms with van der Waals surface area (Å²) in [6, 6.07) is 1.74. The predicted molar refractivity (Wildman–Crippen MR) is 131 cm³/mol. The van der Waals surface area contributed by atoms with Gasteiger partial charge in [-0.1, -0.05) is 6.08 Å². The third kappa shape index (κ3) is 3.45. The Hall–Kier alpha value is -3.39. The van der Waals surface area contributed by atoms with Crippen molar-refractivity contribution in [3.63, 3.8) is 0 Å². The number of aryl methyl sites for hydroxylation is 1. The molecule has 5 rings (SSSR count). The number of nitrogens with one attached hydrogen (secondary N) is 1. The van der Waals surface area contributed by atoms with Gasteiger partial charge in [-0.25, -0.2) is 0 Å². The number of allylic oxidation sites excluding steroid dienone is 1. The van der Waals surface area contributed by atoms with Gasteiger partial charge in [0, 0.05) is 57.0 Å². The van der Waals surface area contributed by atoms with Crippen LogP contribution in [0, 0.1) is 0 Å². The second-order valence-corrected chi connectivity index (χ2v) is 8.99. The molecule has 1 fully saturated rings. The molecule has 0 spiro atoms. The van der Waals surface area contributed by atoms with Crippen LogP contribution in [0.2, 0.25) is 0 Å². The average molecular weight is 450 g/mol. The number of likely N-dealkylation sites (N-methyl/N-ethyl adjacent to an activating group) is 1. The number of hydrogen-bond acceptors (Lipinski definition) is 5. The number of nitrogens with zero attached hydrogens (tertiary/aromatic N) is 4. The van der Waals surface area contributed by atoms with Crippen molar-refractivity contribution in [2.75, 3.05) is 33.4 Å². The van der Waals surface area contributed by atoms with E-state index in [0.717, 1.165) is 16.5 Å². The molecule has 4 heterocycles. The van der Waals surface area contributed by atoms with E-state index in [4.69, 9.17) is 9.73 Å². The SMILES string of the molecule is C=CCCn1cc(C2=CC(C(=O)N3CCOCC3)=CC3(C)C2N=CN3C)c2cc[nH]c2c1=O.[HH]. The highest BCUT2D eigenvalue weighted by Gasteiger charge is 2.45. The molecule has 2 aromatic heterocycles. The van der Waals surface area contributed by atoms with Crippen LogP contribution in [0.15, 0.2) is 58.6 Å². The first-order valence-electron chi connectivity index (χ1n) is 11.3. The van der Waals surface area contributed by atoms with Crippen molar-refractivity contribution < 1.29 is 11.0 Å². The first kappa shape index (κ1) is 21.5. The minimum absolute atomic E-state index is 0. The van der Waals surface area contributed by atoms with Gasteiger partial charge in [-0.3, -0.25) is 14.6 Å². The Morgan fingerprint density at radius 3 is 2.97 bits per heavy atom. The second kappa shape index (κ2) is 8.19. The number of amides is 1. The first-order valence-corrected chi connectivity index (χ1v) is 11.3. The molecule has 1 aliphatic carbocycles. The van der Waals surface area contributed by atoms with Gasteiger partial charge in [0.2, 0.25) is 0 Å². The van der Waals surface area contributed by atoms with Crippen LogP contribution in [0.3, 0.4) is 0 Å². The van der Waals surface area contributed by atoms with Crippen molar-refractivity contribution in [1.82, 2.24) is 19.4 Å². The summed E-state index contributed by atoms with van der Waals surface area (Å²) in [5, 5.41) is 0.841. The lowest BCUT2D eigenvalue weighted by Crippen LogP contribution is -2.49. The van der Waals surface area contributed by atoms with Crippen LogP contribution in [0.5, 0.6) is 0 Å². The lowest BCUT2D eigenvalue weighted by atomic mass is 9.77. The normalized spacial score (nSPS) is 24.6. The number of aromatic amines is 1. The van der Waals surface area contributed by atoms with E-state index in [1.54, 1.807) is 16.8 Å². The van der Waals surface area contributed by atoms with Crippen molar-refractivity contribution >= 4 is 28.7 Å². The van der Waals surface area contributed by atoms with Crippen molar-refractivity contribution in [1.29, 1.82) is 0 Å². The first-order chi connectivity index (χ1) is 15.9. The Morgan fingerprint density at radius 1 is 1.42 bits per heavy atom. The van der Waals surface area contributed by atoms with Crippen LogP contribution in [0.25, 0.3) is 16.5 Å². The number of morpholine rings is 1. The van der Waals surface area contributed by atoms with E-state index in [-0.39, 0.29) is 18.9 Å². The molecule has 1 N–H and O–H groups in total. The number of carbonyl (C=O) groups excluding carboxylic acids is 1. The number of hydrogen-bond donors (Lipinski definition) is 1. The maximum absolute atomic E-state index is 13.5. The van der Waals surface area contributed by atoms with Crippen molar-refractivity contribution in [2.45, 2.75) is 31.5 Å². The molecular weight excluding hydrogens is 418 g/mol. The van der Waals surface area contributed by atoms with Gasteiger partial charge in [0.1, 0.15) is 11.6 Å². The maximum atomic E-state index is 13.5. The Labute approximate surface area is 194 Å². The number of aromatic nitrogens is 2. The van der Waals surface area contributed by atoms with Gasteiger partial charge in [-0.15, -0.1) is 6.58 Å². The monoisotopic (exact) mass is 449 g/mol. The van der Waals surface area contributed by atoms with Crippen molar-refractivity contribution in [3.05, 3.63) is 64.8 Å². The molecule has 1 amide bonds. The molecule has 1 saturated heterocycles. The van der Waals surface area contributed by atoms with Crippen LogP contribution >= 0.6 is 0 Å². The van der Waals surface area contributed by atoms with Gasteiger partial charge in [-0.05, 0) is 37.1 Å². The van der Waals surface area contributed by atoms with Gasteiger partial charge in [0.05, 0.1) is 25.1 Å². The van der Waals surface area contributed by atoms with E-state index in [1.165, 1.54) is 0 Å². The Bertz CT molecular complexity index is 1270. The lowest BCUT2D eigenvalue weighted by Gasteiger charge is -2.39. The minimum atomic E-state index is -0.480. The smallest absolute Gasteiger partial charge is 0.274 e. The summed E-state index contributed by atoms with van der Waals surface area (Å²) in [5.74, 6) is 0.000987. The van der Waals surface area contributed by atoms with E-state index < -0.39 is 5.54 Å². The summed E-state index contributed by atoms with van der Waals surface area (Å²) in [5.41, 5.74) is 2.52. The van der Waals surface area contributed by atoms with E-state index in [0.29, 0.717) is 50.4 Å². The van der Waals surface area contributed by atoms with E-state index in [2.05, 4.69) is 23.4 Å². The largest absolute Gasteiger partial charge is 0.378 e. The van der Waals surface area contributed by atoms with Crippen LogP contribution < -0.4 is 5.56 Å². The maximum Gasteiger partial charge on any atom is 0.274 e. The van der Waals surface area contributed by atoms with E-state index >= 15 is 0 Å².